The lowest BCUT2D eigenvalue weighted by Crippen LogP contribution is -2.16. The predicted molar refractivity (Wildman–Crippen MR) is 88.1 cm³/mol. The number of para-hydroxylation sites is 1. The Kier molecular flexibility index (Phi) is 4.59. The third-order valence-corrected chi connectivity index (χ3v) is 3.38. The number of nitrogens with zero attached hydrogens (tertiary/aromatic N) is 5. The second-order valence-corrected chi connectivity index (χ2v) is 5.38. The molecule has 0 saturated carbocycles. The number of pyridine rings is 1. The van der Waals surface area contributed by atoms with Crippen LogP contribution in [-0.4, -0.2) is 38.3 Å². The van der Waals surface area contributed by atoms with Crippen molar-refractivity contribution in [2.75, 3.05) is 23.7 Å². The molecule has 0 unspecified atom stereocenters. The summed E-state index contributed by atoms with van der Waals surface area (Å²) in [7, 11) is 0. The van der Waals surface area contributed by atoms with E-state index in [1.807, 2.05) is 42.5 Å². The zero-order valence-corrected chi connectivity index (χ0v) is 13.2. The van der Waals surface area contributed by atoms with Gasteiger partial charge >= 0.3 is 0 Å². The number of tetrazole rings is 1. The highest BCUT2D eigenvalue weighted by atomic mass is 79.9. The molecule has 0 radical (unpaired) electrons. The lowest BCUT2D eigenvalue weighted by molar-refractivity contribution is 0.789. The molecular formula is C14H14BrN7. The molecule has 112 valence electrons. The Morgan fingerprint density at radius 2 is 1.82 bits per heavy atom. The molecule has 2 N–H and O–H groups in total. The molecule has 0 spiro atoms. The Bertz CT molecular complexity index is 712. The Morgan fingerprint density at radius 1 is 1.00 bits per heavy atom. The van der Waals surface area contributed by atoms with Crippen LogP contribution >= 0.6 is 15.9 Å². The maximum Gasteiger partial charge on any atom is 0.247 e. The molecule has 0 fully saturated rings. The molecule has 0 aliphatic heterocycles. The number of nitrogens with one attached hydrogen (secondary N) is 2. The van der Waals surface area contributed by atoms with Crippen LogP contribution in [0, 0.1) is 0 Å². The van der Waals surface area contributed by atoms with E-state index in [0.29, 0.717) is 19.0 Å². The van der Waals surface area contributed by atoms with E-state index in [9.17, 15) is 0 Å². The van der Waals surface area contributed by atoms with E-state index in [1.54, 1.807) is 10.9 Å². The molecule has 3 rings (SSSR count). The summed E-state index contributed by atoms with van der Waals surface area (Å²) in [4.78, 5) is 4.25. The molecule has 0 bridgehead atoms. The van der Waals surface area contributed by atoms with Gasteiger partial charge in [0.25, 0.3) is 0 Å². The van der Waals surface area contributed by atoms with Gasteiger partial charge in [0.1, 0.15) is 5.82 Å². The molecule has 3 aromatic rings. The van der Waals surface area contributed by atoms with Gasteiger partial charge in [-0.05, 0) is 50.6 Å². The van der Waals surface area contributed by atoms with Gasteiger partial charge in [0, 0.05) is 23.8 Å². The largest absolute Gasteiger partial charge is 0.368 e. The average molecular weight is 360 g/mol. The minimum Gasteiger partial charge on any atom is -0.368 e. The van der Waals surface area contributed by atoms with Crippen molar-refractivity contribution in [3.63, 3.8) is 0 Å². The van der Waals surface area contributed by atoms with E-state index in [2.05, 4.69) is 47.1 Å². The maximum atomic E-state index is 4.25. The van der Waals surface area contributed by atoms with Gasteiger partial charge in [-0.1, -0.05) is 23.3 Å². The first-order valence-corrected chi connectivity index (χ1v) is 7.55. The van der Waals surface area contributed by atoms with Crippen LogP contribution in [-0.2, 0) is 0 Å². The van der Waals surface area contributed by atoms with Crippen molar-refractivity contribution in [1.29, 1.82) is 0 Å². The molecule has 0 amide bonds. The van der Waals surface area contributed by atoms with Gasteiger partial charge in [-0.25, -0.2) is 4.98 Å². The topological polar surface area (TPSA) is 80.5 Å². The fourth-order valence-electron chi connectivity index (χ4n) is 1.89. The van der Waals surface area contributed by atoms with Crippen molar-refractivity contribution >= 4 is 27.7 Å². The molecule has 22 heavy (non-hydrogen) atoms. The molecule has 0 atom stereocenters. The van der Waals surface area contributed by atoms with Gasteiger partial charge in [-0.15, -0.1) is 0 Å². The summed E-state index contributed by atoms with van der Waals surface area (Å²) in [5, 5.41) is 18.1. The summed E-state index contributed by atoms with van der Waals surface area (Å²) < 4.78 is 2.62. The number of anilines is 2. The smallest absolute Gasteiger partial charge is 0.247 e. The number of halogens is 1. The Balaban J connectivity index is 1.54. The number of aromatic nitrogens is 5. The summed E-state index contributed by atoms with van der Waals surface area (Å²) in [6.45, 7) is 1.38. The van der Waals surface area contributed by atoms with E-state index >= 15 is 0 Å². The number of benzene rings is 1. The lowest BCUT2D eigenvalue weighted by Gasteiger charge is -2.08. The van der Waals surface area contributed by atoms with Gasteiger partial charge in [0.2, 0.25) is 5.95 Å². The highest BCUT2D eigenvalue weighted by molar-refractivity contribution is 9.10. The Labute approximate surface area is 135 Å². The van der Waals surface area contributed by atoms with Crippen LogP contribution in [0.3, 0.4) is 0 Å². The van der Waals surface area contributed by atoms with E-state index in [1.165, 1.54) is 0 Å². The minimum atomic E-state index is 0.608. The van der Waals surface area contributed by atoms with Crippen LogP contribution in [0.4, 0.5) is 11.8 Å². The zero-order chi connectivity index (χ0) is 15.2. The van der Waals surface area contributed by atoms with Crippen LogP contribution < -0.4 is 10.6 Å². The van der Waals surface area contributed by atoms with Gasteiger partial charge < -0.3 is 10.6 Å². The lowest BCUT2D eigenvalue weighted by atomic mass is 10.3. The third-order valence-electron chi connectivity index (χ3n) is 2.91. The molecular weight excluding hydrogens is 346 g/mol. The van der Waals surface area contributed by atoms with Gasteiger partial charge in [0.05, 0.1) is 5.69 Å². The van der Waals surface area contributed by atoms with Crippen molar-refractivity contribution in [2.45, 2.75) is 0 Å². The molecule has 0 saturated heterocycles. The molecule has 7 nitrogen and oxygen atoms in total. The Morgan fingerprint density at radius 3 is 2.59 bits per heavy atom. The highest BCUT2D eigenvalue weighted by Gasteiger charge is 2.06. The van der Waals surface area contributed by atoms with Crippen LogP contribution in [0.1, 0.15) is 0 Å². The summed E-state index contributed by atoms with van der Waals surface area (Å²) in [6, 6.07) is 13.6. The molecule has 2 heterocycles. The predicted octanol–water partition coefficient (Wildman–Crippen LogP) is 2.34. The first-order valence-electron chi connectivity index (χ1n) is 6.76. The Hall–Kier alpha value is -2.48. The van der Waals surface area contributed by atoms with E-state index in [4.69, 9.17) is 0 Å². The van der Waals surface area contributed by atoms with Crippen molar-refractivity contribution < 1.29 is 0 Å². The standard InChI is InChI=1S/C14H14BrN7/c15-11-6-7-13(18-10-11)16-8-9-17-14-19-20-21-22(14)12-4-2-1-3-5-12/h1-7,10H,8-9H2,(H,16,18)(H,17,19,21). The molecule has 8 heteroatoms. The van der Waals surface area contributed by atoms with E-state index < -0.39 is 0 Å². The maximum absolute atomic E-state index is 4.25. The third kappa shape index (κ3) is 3.59. The van der Waals surface area contributed by atoms with Crippen LogP contribution in [0.5, 0.6) is 0 Å². The van der Waals surface area contributed by atoms with Crippen LogP contribution in [0.15, 0.2) is 53.1 Å². The first kappa shape index (κ1) is 14.5. The zero-order valence-electron chi connectivity index (χ0n) is 11.6. The quantitative estimate of drug-likeness (QED) is 0.657. The number of rotatable bonds is 6. The molecule has 0 aliphatic carbocycles. The molecule has 2 aromatic heterocycles. The summed E-state index contributed by atoms with van der Waals surface area (Å²) in [6.07, 6.45) is 1.76. The van der Waals surface area contributed by atoms with E-state index in [-0.39, 0.29) is 0 Å². The van der Waals surface area contributed by atoms with Crippen molar-refractivity contribution in [1.82, 2.24) is 25.2 Å². The summed E-state index contributed by atoms with van der Waals surface area (Å²) in [5.41, 5.74) is 0.914. The normalized spacial score (nSPS) is 10.4. The number of hydrogen-bond donors (Lipinski definition) is 2. The number of hydrogen-bond acceptors (Lipinski definition) is 6. The van der Waals surface area contributed by atoms with Gasteiger partial charge in [0.15, 0.2) is 0 Å². The van der Waals surface area contributed by atoms with Crippen molar-refractivity contribution in [2.24, 2.45) is 0 Å². The highest BCUT2D eigenvalue weighted by Crippen LogP contribution is 2.11. The summed E-state index contributed by atoms with van der Waals surface area (Å²) >= 11 is 3.36. The summed E-state index contributed by atoms with van der Waals surface area (Å²) in [5.74, 6) is 1.43. The van der Waals surface area contributed by atoms with Crippen LogP contribution in [0.2, 0.25) is 0 Å². The van der Waals surface area contributed by atoms with Gasteiger partial charge in [-0.3, -0.25) is 0 Å². The molecule has 1 aromatic carbocycles. The second kappa shape index (κ2) is 6.99. The first-order chi connectivity index (χ1) is 10.8. The fourth-order valence-corrected chi connectivity index (χ4v) is 2.12. The van der Waals surface area contributed by atoms with E-state index in [0.717, 1.165) is 16.0 Å². The van der Waals surface area contributed by atoms with Crippen molar-refractivity contribution in [3.05, 3.63) is 53.1 Å². The minimum absolute atomic E-state index is 0.608. The van der Waals surface area contributed by atoms with Gasteiger partial charge in [-0.2, -0.15) is 4.68 Å². The fraction of sp³-hybridized carbons (Fsp3) is 0.143. The van der Waals surface area contributed by atoms with Crippen LogP contribution in [0.25, 0.3) is 5.69 Å². The average Bonchev–Trinajstić information content (AvgIpc) is 3.02. The van der Waals surface area contributed by atoms with Crippen molar-refractivity contribution in [3.8, 4) is 5.69 Å². The monoisotopic (exact) mass is 359 g/mol. The SMILES string of the molecule is Brc1ccc(NCCNc2nnnn2-c2ccccc2)nc1. The molecule has 0 aliphatic rings. The second-order valence-electron chi connectivity index (χ2n) is 4.47.